The number of nitrogens with zero attached hydrogens (tertiary/aromatic N) is 1. The van der Waals surface area contributed by atoms with Crippen LogP contribution in [-0.2, 0) is 16.1 Å². The Balaban J connectivity index is 1.47. The predicted octanol–water partition coefficient (Wildman–Crippen LogP) is 3.28. The highest BCUT2D eigenvalue weighted by Crippen LogP contribution is 2.21. The van der Waals surface area contributed by atoms with E-state index in [1.54, 1.807) is 23.7 Å². The van der Waals surface area contributed by atoms with Crippen LogP contribution < -0.4 is 5.32 Å². The molecule has 5 nitrogen and oxygen atoms in total. The van der Waals surface area contributed by atoms with Crippen molar-refractivity contribution in [1.29, 1.82) is 0 Å². The van der Waals surface area contributed by atoms with Gasteiger partial charge in [-0.2, -0.15) is 0 Å². The molecule has 1 atom stereocenters. The number of nitrogens with one attached hydrogen (secondary N) is 1. The van der Waals surface area contributed by atoms with Crippen molar-refractivity contribution in [3.63, 3.8) is 0 Å². The number of ether oxygens (including phenoxy) is 1. The summed E-state index contributed by atoms with van der Waals surface area (Å²) in [6, 6.07) is 11.4. The average Bonchev–Trinajstić information content (AvgIpc) is 3.16. The zero-order valence-corrected chi connectivity index (χ0v) is 12.9. The highest BCUT2D eigenvalue weighted by Gasteiger charge is 2.12. The minimum absolute atomic E-state index is 0.000966. The molecular formula is C16H16N2O3S. The van der Waals surface area contributed by atoms with Gasteiger partial charge in [0.05, 0.1) is 29.1 Å². The summed E-state index contributed by atoms with van der Waals surface area (Å²) in [4.78, 5) is 16.3. The zero-order valence-electron chi connectivity index (χ0n) is 12.1. The molecule has 0 radical (unpaired) electrons. The van der Waals surface area contributed by atoms with Crippen LogP contribution in [0.4, 0.5) is 0 Å². The summed E-state index contributed by atoms with van der Waals surface area (Å²) >= 11 is 1.58. The van der Waals surface area contributed by atoms with E-state index in [1.165, 1.54) is 0 Å². The van der Waals surface area contributed by atoms with E-state index in [1.807, 2.05) is 37.3 Å². The van der Waals surface area contributed by atoms with Gasteiger partial charge < -0.3 is 14.5 Å². The molecule has 0 aliphatic heterocycles. The van der Waals surface area contributed by atoms with Crippen LogP contribution in [0.3, 0.4) is 0 Å². The number of hydrogen-bond donors (Lipinski definition) is 1. The van der Waals surface area contributed by atoms with Gasteiger partial charge in [0.2, 0.25) is 5.91 Å². The first-order chi connectivity index (χ1) is 10.7. The molecule has 0 aliphatic carbocycles. The number of amides is 1. The van der Waals surface area contributed by atoms with Crippen molar-refractivity contribution < 1.29 is 13.9 Å². The predicted molar refractivity (Wildman–Crippen MR) is 84.5 cm³/mol. The summed E-state index contributed by atoms with van der Waals surface area (Å²) in [6.45, 7) is 2.20. The molecule has 0 saturated carbocycles. The largest absolute Gasteiger partial charge is 0.467 e. The topological polar surface area (TPSA) is 64.4 Å². The van der Waals surface area contributed by atoms with Crippen molar-refractivity contribution in [3.05, 3.63) is 53.4 Å². The number of thiazole rings is 1. The van der Waals surface area contributed by atoms with Gasteiger partial charge in [0.1, 0.15) is 17.4 Å². The lowest BCUT2D eigenvalue weighted by atomic mass is 10.2. The smallest absolute Gasteiger partial charge is 0.246 e. The summed E-state index contributed by atoms with van der Waals surface area (Å²) in [5.41, 5.74) is 0.960. The molecule has 0 fully saturated rings. The van der Waals surface area contributed by atoms with E-state index in [-0.39, 0.29) is 18.6 Å². The number of hydrogen-bond acceptors (Lipinski definition) is 5. The monoisotopic (exact) mass is 316 g/mol. The lowest BCUT2D eigenvalue weighted by Gasteiger charge is -2.11. The van der Waals surface area contributed by atoms with E-state index < -0.39 is 0 Å². The van der Waals surface area contributed by atoms with Crippen LogP contribution in [0.15, 0.2) is 47.1 Å². The van der Waals surface area contributed by atoms with Crippen LogP contribution in [0.5, 0.6) is 0 Å². The Hall–Kier alpha value is -2.18. The third-order valence-electron chi connectivity index (χ3n) is 3.14. The van der Waals surface area contributed by atoms with Gasteiger partial charge in [0.25, 0.3) is 0 Å². The van der Waals surface area contributed by atoms with Crippen molar-refractivity contribution >= 4 is 27.5 Å². The second kappa shape index (κ2) is 6.72. The van der Waals surface area contributed by atoms with Gasteiger partial charge in [0, 0.05) is 0 Å². The maximum Gasteiger partial charge on any atom is 0.246 e. The van der Waals surface area contributed by atoms with E-state index in [2.05, 4.69) is 10.3 Å². The maximum absolute atomic E-state index is 11.8. The first kappa shape index (κ1) is 14.7. The normalized spacial score (nSPS) is 12.4. The summed E-state index contributed by atoms with van der Waals surface area (Å²) in [6.07, 6.45) is 1.58. The Morgan fingerprint density at radius 1 is 1.36 bits per heavy atom. The number of carbonyl (C=O) groups excluding carboxylic acids is 1. The Bertz CT molecular complexity index is 719. The van der Waals surface area contributed by atoms with E-state index in [9.17, 15) is 4.79 Å². The summed E-state index contributed by atoms with van der Waals surface area (Å²) < 4.78 is 11.8. The molecule has 3 aromatic rings. The summed E-state index contributed by atoms with van der Waals surface area (Å²) in [5.74, 6) is 0.546. The van der Waals surface area contributed by atoms with Crippen LogP contribution in [0, 0.1) is 0 Å². The first-order valence-corrected chi connectivity index (χ1v) is 7.79. The van der Waals surface area contributed by atoms with Gasteiger partial charge in [-0.25, -0.2) is 4.98 Å². The lowest BCUT2D eigenvalue weighted by Crippen LogP contribution is -2.29. The Kier molecular flexibility index (Phi) is 4.50. The molecule has 0 saturated heterocycles. The Labute approximate surface area is 131 Å². The van der Waals surface area contributed by atoms with E-state index in [0.717, 1.165) is 21.0 Å². The molecule has 3 rings (SSSR count). The summed E-state index contributed by atoms with van der Waals surface area (Å²) in [5, 5.41) is 3.69. The fraction of sp³-hybridized carbons (Fsp3) is 0.250. The molecule has 1 amide bonds. The lowest BCUT2D eigenvalue weighted by molar-refractivity contribution is -0.126. The Morgan fingerprint density at radius 2 is 2.23 bits per heavy atom. The number of carbonyl (C=O) groups is 1. The molecule has 1 N–H and O–H groups in total. The van der Waals surface area contributed by atoms with Gasteiger partial charge >= 0.3 is 0 Å². The van der Waals surface area contributed by atoms with Crippen LogP contribution in [0.25, 0.3) is 10.2 Å². The van der Waals surface area contributed by atoms with Crippen molar-refractivity contribution in [2.75, 3.05) is 6.61 Å². The standard InChI is InChI=1S/C16H16N2O3S/c1-11(13-6-4-8-21-13)17-15(19)9-20-10-16-18-12-5-2-3-7-14(12)22-16/h2-8,11H,9-10H2,1H3,(H,17,19)/t11-/m1/s1. The summed E-state index contributed by atoms with van der Waals surface area (Å²) in [7, 11) is 0. The van der Waals surface area contributed by atoms with Crippen LogP contribution in [-0.4, -0.2) is 17.5 Å². The second-order valence-corrected chi connectivity index (χ2v) is 5.99. The fourth-order valence-corrected chi connectivity index (χ4v) is 3.01. The number of fused-ring (bicyclic) bond motifs is 1. The zero-order chi connectivity index (χ0) is 15.4. The molecule has 2 aromatic heterocycles. The minimum atomic E-state index is -0.176. The third kappa shape index (κ3) is 3.52. The van der Waals surface area contributed by atoms with Gasteiger partial charge in [-0.05, 0) is 31.2 Å². The first-order valence-electron chi connectivity index (χ1n) is 6.97. The van der Waals surface area contributed by atoms with Crippen LogP contribution in [0.2, 0.25) is 0 Å². The van der Waals surface area contributed by atoms with E-state index in [4.69, 9.17) is 9.15 Å². The number of aromatic nitrogens is 1. The number of para-hydroxylation sites is 1. The highest BCUT2D eigenvalue weighted by molar-refractivity contribution is 7.18. The van der Waals surface area contributed by atoms with E-state index >= 15 is 0 Å². The molecule has 0 aliphatic rings. The Morgan fingerprint density at radius 3 is 3.00 bits per heavy atom. The van der Waals surface area contributed by atoms with Gasteiger partial charge in [-0.1, -0.05) is 12.1 Å². The fourth-order valence-electron chi connectivity index (χ4n) is 2.10. The molecule has 22 heavy (non-hydrogen) atoms. The molecule has 114 valence electrons. The molecule has 0 unspecified atom stereocenters. The minimum Gasteiger partial charge on any atom is -0.467 e. The average molecular weight is 316 g/mol. The van der Waals surface area contributed by atoms with Crippen molar-refractivity contribution in [2.24, 2.45) is 0 Å². The quantitative estimate of drug-likeness (QED) is 0.758. The molecule has 2 heterocycles. The highest BCUT2D eigenvalue weighted by atomic mass is 32.1. The number of furan rings is 1. The molecule has 1 aromatic carbocycles. The van der Waals surface area contributed by atoms with Crippen molar-refractivity contribution in [2.45, 2.75) is 19.6 Å². The maximum atomic E-state index is 11.8. The van der Waals surface area contributed by atoms with Gasteiger partial charge in [-0.15, -0.1) is 11.3 Å². The van der Waals surface area contributed by atoms with Crippen molar-refractivity contribution in [3.8, 4) is 0 Å². The van der Waals surface area contributed by atoms with Gasteiger partial charge in [0.15, 0.2) is 0 Å². The van der Waals surface area contributed by atoms with Crippen molar-refractivity contribution in [1.82, 2.24) is 10.3 Å². The molecule has 6 heteroatoms. The SMILES string of the molecule is C[C@@H](NC(=O)COCc1nc2ccccc2s1)c1ccco1. The second-order valence-electron chi connectivity index (χ2n) is 4.87. The van der Waals surface area contributed by atoms with Crippen LogP contribution >= 0.6 is 11.3 Å². The number of benzene rings is 1. The van der Waals surface area contributed by atoms with Crippen LogP contribution in [0.1, 0.15) is 23.7 Å². The molecular weight excluding hydrogens is 300 g/mol. The third-order valence-corrected chi connectivity index (χ3v) is 4.15. The molecule has 0 bridgehead atoms. The van der Waals surface area contributed by atoms with Gasteiger partial charge in [-0.3, -0.25) is 4.79 Å². The van der Waals surface area contributed by atoms with E-state index in [0.29, 0.717) is 6.61 Å². The number of rotatable bonds is 6. The molecule has 0 spiro atoms.